The van der Waals surface area contributed by atoms with Gasteiger partial charge in [0.2, 0.25) is 11.8 Å². The summed E-state index contributed by atoms with van der Waals surface area (Å²) >= 11 is 0. The number of ether oxygens (including phenoxy) is 1. The van der Waals surface area contributed by atoms with Crippen LogP contribution in [0.5, 0.6) is 5.75 Å². The predicted molar refractivity (Wildman–Crippen MR) is 127 cm³/mol. The molecule has 0 radical (unpaired) electrons. The highest BCUT2D eigenvalue weighted by atomic mass is 19.2. The van der Waals surface area contributed by atoms with E-state index in [1.165, 1.54) is 11.8 Å². The second-order valence-electron chi connectivity index (χ2n) is 9.01. The molecule has 0 aromatic heterocycles. The number of aliphatic carboxylic acids is 1. The highest BCUT2D eigenvalue weighted by Crippen LogP contribution is 2.29. The quantitative estimate of drug-likeness (QED) is 0.381. The molecule has 2 heterocycles. The maximum atomic E-state index is 13.8. The topological polar surface area (TPSA) is 154 Å². The Balaban J connectivity index is 1.38. The Morgan fingerprint density at radius 2 is 1.92 bits per heavy atom. The number of fused-ring (bicyclic) bond motifs is 1. The predicted octanol–water partition coefficient (Wildman–Crippen LogP) is 2.15. The molecule has 2 aromatic carbocycles. The molecule has 13 heteroatoms. The van der Waals surface area contributed by atoms with Crippen LogP contribution < -0.4 is 20.7 Å². The molecule has 2 aromatic rings. The summed E-state index contributed by atoms with van der Waals surface area (Å²) in [5.41, 5.74) is 1.51. The van der Waals surface area contributed by atoms with Crippen LogP contribution in [0.2, 0.25) is 0 Å². The highest BCUT2D eigenvalue weighted by Gasteiger charge is 2.39. The van der Waals surface area contributed by atoms with Crippen molar-refractivity contribution >= 4 is 35.4 Å². The van der Waals surface area contributed by atoms with Gasteiger partial charge in [-0.25, -0.2) is 13.6 Å². The van der Waals surface area contributed by atoms with Gasteiger partial charge < -0.3 is 25.4 Å². The first-order chi connectivity index (χ1) is 18.0. The zero-order chi connectivity index (χ0) is 27.6. The Labute approximate surface area is 215 Å². The number of carboxylic acids is 1. The van der Waals surface area contributed by atoms with E-state index in [1.54, 1.807) is 18.2 Å². The van der Waals surface area contributed by atoms with Gasteiger partial charge in [-0.1, -0.05) is 12.1 Å². The molecule has 2 aliphatic rings. The Hall–Kier alpha value is -4.55. The van der Waals surface area contributed by atoms with Crippen LogP contribution in [0.15, 0.2) is 30.3 Å². The van der Waals surface area contributed by atoms with Crippen molar-refractivity contribution in [3.05, 3.63) is 58.7 Å². The third-order valence-electron chi connectivity index (χ3n) is 6.22. The molecule has 0 aliphatic carbocycles. The number of amides is 5. The van der Waals surface area contributed by atoms with Crippen LogP contribution in [0.3, 0.4) is 0 Å². The molecular weight excluding hydrogens is 506 g/mol. The minimum atomic E-state index is -1.23. The smallest absolute Gasteiger partial charge is 0.319 e. The number of carboxylic acid groups (broad SMARTS) is 1. The summed E-state index contributed by atoms with van der Waals surface area (Å²) in [6, 6.07) is 4.85. The summed E-state index contributed by atoms with van der Waals surface area (Å²) in [4.78, 5) is 61.3. The molecule has 2 unspecified atom stereocenters. The largest absolute Gasteiger partial charge is 0.490 e. The lowest BCUT2D eigenvalue weighted by Gasteiger charge is -2.29. The minimum absolute atomic E-state index is 0.0155. The zero-order valence-corrected chi connectivity index (χ0v) is 20.2. The fourth-order valence-electron chi connectivity index (χ4n) is 4.12. The number of piperidine rings is 1. The number of benzene rings is 2. The Bertz CT molecular complexity index is 1330. The molecule has 0 bridgehead atoms. The third kappa shape index (κ3) is 5.71. The summed E-state index contributed by atoms with van der Waals surface area (Å²) in [5.74, 6) is -5.99. The Morgan fingerprint density at radius 1 is 1.18 bits per heavy atom. The van der Waals surface area contributed by atoms with Crippen LogP contribution in [-0.4, -0.2) is 52.4 Å². The van der Waals surface area contributed by atoms with E-state index in [1.807, 2.05) is 0 Å². The lowest BCUT2D eigenvalue weighted by molar-refractivity contribution is -0.142. The van der Waals surface area contributed by atoms with E-state index < -0.39 is 41.5 Å². The third-order valence-corrected chi connectivity index (χ3v) is 6.22. The number of rotatable bonds is 8. The van der Waals surface area contributed by atoms with Crippen molar-refractivity contribution in [3.63, 3.8) is 0 Å². The van der Waals surface area contributed by atoms with Crippen LogP contribution in [0.4, 0.5) is 19.3 Å². The summed E-state index contributed by atoms with van der Waals surface area (Å²) < 4.78 is 32.8. The van der Waals surface area contributed by atoms with Gasteiger partial charge in [-0.05, 0) is 30.5 Å². The van der Waals surface area contributed by atoms with Gasteiger partial charge in [-0.2, -0.15) is 0 Å². The molecule has 1 fully saturated rings. The number of urea groups is 1. The molecule has 0 spiro atoms. The second kappa shape index (κ2) is 10.8. The lowest BCUT2D eigenvalue weighted by atomic mass is 10.0. The maximum absolute atomic E-state index is 13.8. The fraction of sp³-hybridized carbons (Fsp3) is 0.320. The molecule has 200 valence electrons. The average Bonchev–Trinajstić information content (AvgIpc) is 3.19. The summed E-state index contributed by atoms with van der Waals surface area (Å²) in [5, 5.41) is 16.1. The van der Waals surface area contributed by atoms with Crippen LogP contribution in [0, 0.1) is 17.6 Å². The van der Waals surface area contributed by atoms with E-state index >= 15 is 0 Å². The normalized spacial score (nSPS) is 17.5. The van der Waals surface area contributed by atoms with E-state index in [0.29, 0.717) is 22.8 Å². The second-order valence-corrected chi connectivity index (χ2v) is 9.01. The van der Waals surface area contributed by atoms with Crippen molar-refractivity contribution in [3.8, 4) is 5.75 Å². The van der Waals surface area contributed by atoms with Crippen molar-refractivity contribution in [2.45, 2.75) is 38.9 Å². The van der Waals surface area contributed by atoms with Gasteiger partial charge in [0.1, 0.15) is 18.4 Å². The van der Waals surface area contributed by atoms with Gasteiger partial charge in [0.15, 0.2) is 11.6 Å². The molecule has 11 nitrogen and oxygen atoms in total. The summed E-state index contributed by atoms with van der Waals surface area (Å²) in [7, 11) is 0. The minimum Gasteiger partial charge on any atom is -0.490 e. The Kier molecular flexibility index (Phi) is 7.55. The van der Waals surface area contributed by atoms with E-state index in [4.69, 9.17) is 9.84 Å². The standard InChI is InChI=1S/C25H24F2N4O7/c1-12(24(35)36)11-38-20-8-17(27)16(26)7-18(20)29-25(37)28-9-13-2-3-15-14(6-13)10-31(23(15)34)19-4-5-21(32)30-22(19)33/h2-3,6-8,12,19H,4-5,9-11H2,1H3,(H,35,36)(H2,28,29,37)(H,30,32,33). The lowest BCUT2D eigenvalue weighted by Crippen LogP contribution is -2.52. The molecule has 5 amide bonds. The fourth-order valence-corrected chi connectivity index (χ4v) is 4.12. The number of imide groups is 1. The summed E-state index contributed by atoms with van der Waals surface area (Å²) in [6.45, 7) is 1.23. The van der Waals surface area contributed by atoms with Crippen LogP contribution in [0.1, 0.15) is 41.3 Å². The molecule has 4 N–H and O–H groups in total. The first-order valence-corrected chi connectivity index (χ1v) is 11.7. The maximum Gasteiger partial charge on any atom is 0.319 e. The highest BCUT2D eigenvalue weighted by molar-refractivity contribution is 6.05. The molecule has 4 rings (SSSR count). The number of hydrogen-bond acceptors (Lipinski definition) is 6. The monoisotopic (exact) mass is 530 g/mol. The number of carbonyl (C=O) groups is 5. The van der Waals surface area contributed by atoms with Gasteiger partial charge in [-0.3, -0.25) is 24.5 Å². The molecule has 38 heavy (non-hydrogen) atoms. The number of anilines is 1. The van der Waals surface area contributed by atoms with Gasteiger partial charge in [-0.15, -0.1) is 0 Å². The van der Waals surface area contributed by atoms with Gasteiger partial charge in [0.05, 0.1) is 11.6 Å². The number of halogens is 2. The van der Waals surface area contributed by atoms with E-state index in [2.05, 4.69) is 16.0 Å². The Morgan fingerprint density at radius 3 is 2.63 bits per heavy atom. The van der Waals surface area contributed by atoms with Crippen molar-refractivity contribution in [1.29, 1.82) is 0 Å². The SMILES string of the molecule is CC(COc1cc(F)c(F)cc1NC(=O)NCc1ccc2c(c1)CN(C1CCC(=O)NC1=O)C2=O)C(=O)O. The van der Waals surface area contributed by atoms with E-state index in [0.717, 1.165) is 6.07 Å². The summed E-state index contributed by atoms with van der Waals surface area (Å²) in [6.07, 6.45) is 0.383. The van der Waals surface area contributed by atoms with Crippen molar-refractivity contribution in [2.24, 2.45) is 5.92 Å². The van der Waals surface area contributed by atoms with Crippen LogP contribution >= 0.6 is 0 Å². The van der Waals surface area contributed by atoms with Crippen LogP contribution in [-0.2, 0) is 27.5 Å². The van der Waals surface area contributed by atoms with Crippen molar-refractivity contribution < 1.29 is 42.6 Å². The number of hydrogen-bond donors (Lipinski definition) is 4. The van der Waals surface area contributed by atoms with Crippen LogP contribution in [0.25, 0.3) is 0 Å². The number of nitrogens with zero attached hydrogens (tertiary/aromatic N) is 1. The molecule has 1 saturated heterocycles. The van der Waals surface area contributed by atoms with Crippen molar-refractivity contribution in [2.75, 3.05) is 11.9 Å². The van der Waals surface area contributed by atoms with E-state index in [-0.39, 0.29) is 55.8 Å². The molecule has 0 saturated carbocycles. The molecular formula is C25H24F2N4O7. The van der Waals surface area contributed by atoms with Gasteiger partial charge >= 0.3 is 12.0 Å². The first kappa shape index (κ1) is 26.5. The van der Waals surface area contributed by atoms with Gasteiger partial charge in [0, 0.05) is 37.2 Å². The zero-order valence-electron chi connectivity index (χ0n) is 20.2. The van der Waals surface area contributed by atoms with Gasteiger partial charge in [0.25, 0.3) is 5.91 Å². The first-order valence-electron chi connectivity index (χ1n) is 11.7. The van der Waals surface area contributed by atoms with E-state index in [9.17, 15) is 32.8 Å². The average molecular weight is 530 g/mol. The molecule has 2 aliphatic heterocycles. The number of nitrogens with one attached hydrogen (secondary N) is 3. The molecule has 2 atom stereocenters. The van der Waals surface area contributed by atoms with Crippen molar-refractivity contribution in [1.82, 2.24) is 15.5 Å². The number of carbonyl (C=O) groups excluding carboxylic acids is 4.